The van der Waals surface area contributed by atoms with Gasteiger partial charge >= 0.3 is 0 Å². The van der Waals surface area contributed by atoms with Crippen molar-refractivity contribution >= 4 is 5.91 Å². The molecular weight excluding hydrogens is 292 g/mol. The van der Waals surface area contributed by atoms with Crippen LogP contribution in [0.1, 0.15) is 31.2 Å². The maximum absolute atomic E-state index is 12.4. The van der Waals surface area contributed by atoms with Crippen molar-refractivity contribution in [2.24, 2.45) is 5.41 Å². The lowest BCUT2D eigenvalue weighted by Crippen LogP contribution is -2.50. The number of hydrogen-bond donors (Lipinski definition) is 1. The average Bonchev–Trinajstić information content (AvgIpc) is 2.59. The number of benzene rings is 1. The van der Waals surface area contributed by atoms with Crippen LogP contribution < -0.4 is 14.8 Å². The van der Waals surface area contributed by atoms with Gasteiger partial charge < -0.3 is 19.7 Å². The summed E-state index contributed by atoms with van der Waals surface area (Å²) in [5.74, 6) is 1.69. The molecule has 0 aliphatic carbocycles. The predicted molar refractivity (Wildman–Crippen MR) is 88.7 cm³/mol. The molecule has 2 fully saturated rings. The van der Waals surface area contributed by atoms with Crippen molar-refractivity contribution in [2.75, 3.05) is 33.9 Å². The molecule has 5 heteroatoms. The first-order valence-electron chi connectivity index (χ1n) is 8.36. The molecule has 1 spiro atoms. The monoisotopic (exact) mass is 318 g/mol. The Hall–Kier alpha value is -1.75. The molecule has 2 aliphatic rings. The van der Waals surface area contributed by atoms with E-state index in [0.717, 1.165) is 50.2 Å². The Morgan fingerprint density at radius 2 is 1.96 bits per heavy atom. The maximum atomic E-state index is 12.4. The normalized spacial score (nSPS) is 20.6. The third kappa shape index (κ3) is 3.29. The van der Waals surface area contributed by atoms with Crippen LogP contribution in [0.4, 0.5) is 0 Å². The van der Waals surface area contributed by atoms with E-state index < -0.39 is 0 Å². The number of methoxy groups -OCH3 is 2. The van der Waals surface area contributed by atoms with E-state index >= 15 is 0 Å². The summed E-state index contributed by atoms with van der Waals surface area (Å²) in [5, 5.41) is 3.43. The third-order valence-corrected chi connectivity index (χ3v) is 5.26. The molecule has 1 N–H and O–H groups in total. The molecule has 2 aliphatic heterocycles. The van der Waals surface area contributed by atoms with Gasteiger partial charge in [-0.1, -0.05) is 12.1 Å². The van der Waals surface area contributed by atoms with E-state index in [9.17, 15) is 4.79 Å². The molecule has 1 aromatic carbocycles. The number of nitrogens with zero attached hydrogens (tertiary/aromatic N) is 1. The fraction of sp³-hybridized carbons (Fsp3) is 0.611. The van der Waals surface area contributed by atoms with Crippen molar-refractivity contribution in [3.8, 4) is 11.5 Å². The summed E-state index contributed by atoms with van der Waals surface area (Å²) in [7, 11) is 3.28. The summed E-state index contributed by atoms with van der Waals surface area (Å²) in [5.41, 5.74) is 1.30. The molecule has 1 aromatic rings. The highest BCUT2D eigenvalue weighted by molar-refractivity contribution is 5.77. The molecule has 0 unspecified atom stereocenters. The van der Waals surface area contributed by atoms with Gasteiger partial charge in [-0.05, 0) is 43.8 Å². The van der Waals surface area contributed by atoms with E-state index in [1.165, 1.54) is 0 Å². The minimum absolute atomic E-state index is 0.249. The molecule has 0 atom stereocenters. The Morgan fingerprint density at radius 3 is 2.65 bits per heavy atom. The van der Waals surface area contributed by atoms with Gasteiger partial charge in [-0.2, -0.15) is 0 Å². The molecule has 2 saturated heterocycles. The fourth-order valence-electron chi connectivity index (χ4n) is 3.90. The molecule has 1 amide bonds. The first-order chi connectivity index (χ1) is 11.2. The second kappa shape index (κ2) is 6.79. The molecule has 0 radical (unpaired) electrons. The van der Waals surface area contributed by atoms with Gasteiger partial charge in [0.2, 0.25) is 5.91 Å². The summed E-state index contributed by atoms with van der Waals surface area (Å²) in [6.45, 7) is 3.57. The molecule has 5 nitrogen and oxygen atoms in total. The van der Waals surface area contributed by atoms with Crippen LogP contribution >= 0.6 is 0 Å². The van der Waals surface area contributed by atoms with E-state index in [4.69, 9.17) is 9.47 Å². The lowest BCUT2D eigenvalue weighted by molar-refractivity contribution is -0.139. The molecule has 0 saturated carbocycles. The highest BCUT2D eigenvalue weighted by atomic mass is 16.5. The molecule has 2 heterocycles. The van der Waals surface area contributed by atoms with Gasteiger partial charge in [-0.3, -0.25) is 4.79 Å². The number of amides is 1. The number of hydrogen-bond acceptors (Lipinski definition) is 4. The zero-order valence-corrected chi connectivity index (χ0v) is 14.1. The first kappa shape index (κ1) is 16.1. The van der Waals surface area contributed by atoms with Crippen molar-refractivity contribution in [1.29, 1.82) is 0 Å². The highest BCUT2D eigenvalue weighted by Gasteiger charge is 2.39. The zero-order chi connectivity index (χ0) is 16.3. The van der Waals surface area contributed by atoms with Gasteiger partial charge in [0, 0.05) is 25.1 Å². The smallest absolute Gasteiger partial charge is 0.222 e. The van der Waals surface area contributed by atoms with Crippen molar-refractivity contribution < 1.29 is 14.3 Å². The first-order valence-corrected chi connectivity index (χ1v) is 8.36. The quantitative estimate of drug-likeness (QED) is 0.925. The second-order valence-electron chi connectivity index (χ2n) is 6.65. The van der Waals surface area contributed by atoms with E-state index in [2.05, 4.69) is 5.32 Å². The topological polar surface area (TPSA) is 50.8 Å². The summed E-state index contributed by atoms with van der Waals surface area (Å²) in [6, 6.07) is 5.85. The van der Waals surface area contributed by atoms with Crippen LogP contribution in [0.2, 0.25) is 0 Å². The fourth-order valence-corrected chi connectivity index (χ4v) is 3.90. The number of ether oxygens (including phenoxy) is 2. The largest absolute Gasteiger partial charge is 0.493 e. The molecule has 0 aromatic heterocycles. The van der Waals surface area contributed by atoms with Crippen molar-refractivity contribution in [3.63, 3.8) is 0 Å². The van der Waals surface area contributed by atoms with Crippen LogP contribution in [0, 0.1) is 5.41 Å². The Bertz CT molecular complexity index is 567. The van der Waals surface area contributed by atoms with Gasteiger partial charge in [-0.15, -0.1) is 0 Å². The summed E-state index contributed by atoms with van der Waals surface area (Å²) < 4.78 is 10.9. The van der Waals surface area contributed by atoms with Gasteiger partial charge in [0.15, 0.2) is 11.5 Å². The van der Waals surface area contributed by atoms with Crippen LogP contribution in [0.5, 0.6) is 11.5 Å². The summed E-state index contributed by atoms with van der Waals surface area (Å²) >= 11 is 0. The number of nitrogens with one attached hydrogen (secondary N) is 1. The van der Waals surface area contributed by atoms with Crippen molar-refractivity contribution in [3.05, 3.63) is 23.8 Å². The van der Waals surface area contributed by atoms with Crippen molar-refractivity contribution in [1.82, 2.24) is 10.2 Å². The Morgan fingerprint density at radius 1 is 1.17 bits per heavy atom. The molecule has 3 rings (SSSR count). The third-order valence-electron chi connectivity index (χ3n) is 5.26. The summed E-state index contributed by atoms with van der Waals surface area (Å²) in [6.07, 6.45) is 4.00. The minimum Gasteiger partial charge on any atom is -0.493 e. The van der Waals surface area contributed by atoms with Crippen LogP contribution in [0.3, 0.4) is 0 Å². The van der Waals surface area contributed by atoms with E-state index in [-0.39, 0.29) is 5.91 Å². The molecule has 0 bridgehead atoms. The van der Waals surface area contributed by atoms with E-state index in [0.29, 0.717) is 24.1 Å². The number of para-hydroxylation sites is 1. The maximum Gasteiger partial charge on any atom is 0.222 e. The molecular formula is C18H26N2O3. The number of likely N-dealkylation sites (tertiary alicyclic amines) is 1. The standard InChI is InChI=1S/C18H26N2O3/c1-22-15-5-3-4-14(17(15)23-2)12-20-13-18(7-6-16(20)21)8-10-19-11-9-18/h3-5,19H,6-13H2,1-2H3. The Labute approximate surface area is 137 Å². The molecule has 23 heavy (non-hydrogen) atoms. The van der Waals surface area contributed by atoms with Crippen LogP contribution in [-0.2, 0) is 11.3 Å². The van der Waals surface area contributed by atoms with Crippen LogP contribution in [-0.4, -0.2) is 44.7 Å². The zero-order valence-electron chi connectivity index (χ0n) is 14.1. The lowest BCUT2D eigenvalue weighted by atomic mass is 9.72. The summed E-state index contributed by atoms with van der Waals surface area (Å²) in [4.78, 5) is 14.4. The number of carbonyl (C=O) groups is 1. The van der Waals surface area contributed by atoms with E-state index in [1.807, 2.05) is 23.1 Å². The number of rotatable bonds is 4. The van der Waals surface area contributed by atoms with Crippen LogP contribution in [0.15, 0.2) is 18.2 Å². The van der Waals surface area contributed by atoms with Gasteiger partial charge in [-0.25, -0.2) is 0 Å². The Balaban J connectivity index is 1.79. The predicted octanol–water partition coefficient (Wildman–Crippen LogP) is 2.20. The number of piperidine rings is 2. The van der Waals surface area contributed by atoms with Crippen LogP contribution in [0.25, 0.3) is 0 Å². The van der Waals surface area contributed by atoms with Gasteiger partial charge in [0.05, 0.1) is 14.2 Å². The van der Waals surface area contributed by atoms with E-state index in [1.54, 1.807) is 14.2 Å². The number of carbonyl (C=O) groups excluding carboxylic acids is 1. The molecule has 126 valence electrons. The second-order valence-corrected chi connectivity index (χ2v) is 6.65. The van der Waals surface area contributed by atoms with Gasteiger partial charge in [0.25, 0.3) is 0 Å². The Kier molecular flexibility index (Phi) is 4.76. The average molecular weight is 318 g/mol. The SMILES string of the molecule is COc1cccc(CN2CC3(CCNCC3)CCC2=O)c1OC. The van der Waals surface area contributed by atoms with Gasteiger partial charge in [0.1, 0.15) is 0 Å². The van der Waals surface area contributed by atoms with Crippen molar-refractivity contribution in [2.45, 2.75) is 32.2 Å². The highest BCUT2D eigenvalue weighted by Crippen LogP contribution is 2.40. The lowest BCUT2D eigenvalue weighted by Gasteiger charge is -2.45. The minimum atomic E-state index is 0.249.